The number of ether oxygens (including phenoxy) is 2. The molecule has 0 unspecified atom stereocenters. The minimum Gasteiger partial charge on any atom is -0.493 e. The number of esters is 1. The molecule has 0 amide bonds. The lowest BCUT2D eigenvalue weighted by molar-refractivity contribution is 0.0696. The van der Waals surface area contributed by atoms with E-state index >= 15 is 0 Å². The topological polar surface area (TPSA) is 85.1 Å². The largest absolute Gasteiger partial charge is 0.493 e. The molecule has 0 fully saturated rings. The van der Waals surface area contributed by atoms with E-state index in [-0.39, 0.29) is 11.5 Å². The van der Waals surface area contributed by atoms with Crippen LogP contribution in [-0.4, -0.2) is 24.4 Å². The van der Waals surface area contributed by atoms with Gasteiger partial charge in [0.05, 0.1) is 19.6 Å². The number of nitrogens with one attached hydrogen (secondary N) is 2. The van der Waals surface area contributed by atoms with Gasteiger partial charge in [-0.3, -0.25) is 5.43 Å². The SMILES string of the molecule is COc1cc(/C=N\NC(=S)NCc2ccccc2)ccc1OC(=O)c1ccco1. The molecule has 0 saturated heterocycles. The van der Waals surface area contributed by atoms with Gasteiger partial charge in [0.2, 0.25) is 5.76 Å². The van der Waals surface area contributed by atoms with Crippen molar-refractivity contribution in [3.05, 3.63) is 83.8 Å². The molecule has 0 bridgehead atoms. The minimum atomic E-state index is -0.605. The monoisotopic (exact) mass is 409 g/mol. The van der Waals surface area contributed by atoms with Crippen LogP contribution in [0.15, 0.2) is 76.4 Å². The number of hydrogen-bond donors (Lipinski definition) is 2. The van der Waals surface area contributed by atoms with Crippen molar-refractivity contribution in [2.75, 3.05) is 7.11 Å². The third-order valence-corrected chi connectivity index (χ3v) is 4.02. The number of hydrazone groups is 1. The molecule has 148 valence electrons. The first-order valence-electron chi connectivity index (χ1n) is 8.70. The molecule has 2 N–H and O–H groups in total. The molecule has 1 heterocycles. The lowest BCUT2D eigenvalue weighted by atomic mass is 10.2. The second-order valence-corrected chi connectivity index (χ2v) is 6.22. The van der Waals surface area contributed by atoms with Crippen molar-refractivity contribution in [2.45, 2.75) is 6.54 Å². The number of benzene rings is 2. The van der Waals surface area contributed by atoms with E-state index in [0.29, 0.717) is 17.4 Å². The predicted molar refractivity (Wildman–Crippen MR) is 113 cm³/mol. The van der Waals surface area contributed by atoms with Crippen molar-refractivity contribution >= 4 is 29.5 Å². The van der Waals surface area contributed by atoms with Crippen molar-refractivity contribution in [2.24, 2.45) is 5.10 Å². The molecule has 7 nitrogen and oxygen atoms in total. The Hall–Kier alpha value is -3.65. The fourth-order valence-corrected chi connectivity index (χ4v) is 2.50. The Morgan fingerprint density at radius 1 is 1.14 bits per heavy atom. The maximum atomic E-state index is 12.0. The third kappa shape index (κ3) is 5.91. The maximum Gasteiger partial charge on any atom is 0.379 e. The molecule has 29 heavy (non-hydrogen) atoms. The normalized spacial score (nSPS) is 10.5. The standard InChI is InChI=1S/C21H19N3O4S/c1-26-19-12-16(9-10-17(19)28-20(25)18-8-5-11-27-18)14-23-24-21(29)22-13-15-6-3-2-4-7-15/h2-12,14H,13H2,1H3,(H2,22,24,29)/b23-14-. The minimum absolute atomic E-state index is 0.110. The molecule has 3 aromatic rings. The van der Waals surface area contributed by atoms with Gasteiger partial charge in [0, 0.05) is 6.54 Å². The Morgan fingerprint density at radius 3 is 2.69 bits per heavy atom. The van der Waals surface area contributed by atoms with Gasteiger partial charge in [-0.25, -0.2) is 4.79 Å². The number of rotatable bonds is 7. The Bertz CT molecular complexity index is 988. The van der Waals surface area contributed by atoms with E-state index in [9.17, 15) is 4.79 Å². The predicted octanol–water partition coefficient (Wildman–Crippen LogP) is 3.51. The van der Waals surface area contributed by atoms with Gasteiger partial charge < -0.3 is 19.2 Å². The quantitative estimate of drug-likeness (QED) is 0.203. The maximum absolute atomic E-state index is 12.0. The number of carbonyl (C=O) groups excluding carboxylic acids is 1. The lowest BCUT2D eigenvalue weighted by Crippen LogP contribution is -2.31. The highest BCUT2D eigenvalue weighted by Crippen LogP contribution is 2.28. The lowest BCUT2D eigenvalue weighted by Gasteiger charge is -2.09. The Labute approximate surface area is 173 Å². The Balaban J connectivity index is 1.55. The molecule has 0 radical (unpaired) electrons. The second kappa shape index (κ2) is 10.0. The van der Waals surface area contributed by atoms with Gasteiger partial charge in [-0.05, 0) is 53.7 Å². The highest BCUT2D eigenvalue weighted by atomic mass is 32.1. The number of thiocarbonyl (C=S) groups is 1. The van der Waals surface area contributed by atoms with Crippen molar-refractivity contribution in [1.29, 1.82) is 0 Å². The number of hydrogen-bond acceptors (Lipinski definition) is 6. The van der Waals surface area contributed by atoms with Gasteiger partial charge in [-0.15, -0.1) is 0 Å². The van der Waals surface area contributed by atoms with Gasteiger partial charge >= 0.3 is 5.97 Å². The first-order chi connectivity index (χ1) is 14.2. The average Bonchev–Trinajstić information content (AvgIpc) is 3.29. The van der Waals surface area contributed by atoms with Crippen LogP contribution in [-0.2, 0) is 6.54 Å². The van der Waals surface area contributed by atoms with Crippen LogP contribution in [0.4, 0.5) is 0 Å². The Morgan fingerprint density at radius 2 is 1.97 bits per heavy atom. The van der Waals surface area contributed by atoms with Gasteiger partial charge in [-0.2, -0.15) is 5.10 Å². The van der Waals surface area contributed by atoms with Crippen molar-refractivity contribution in [3.8, 4) is 11.5 Å². The van der Waals surface area contributed by atoms with E-state index in [1.54, 1.807) is 30.5 Å². The number of carbonyl (C=O) groups is 1. The van der Waals surface area contributed by atoms with Crippen LogP contribution in [0.2, 0.25) is 0 Å². The molecule has 0 atom stereocenters. The van der Waals surface area contributed by atoms with Crippen molar-refractivity contribution in [3.63, 3.8) is 0 Å². The van der Waals surface area contributed by atoms with Crippen molar-refractivity contribution < 1.29 is 18.7 Å². The van der Waals surface area contributed by atoms with Gasteiger partial charge in [0.15, 0.2) is 16.6 Å². The smallest absolute Gasteiger partial charge is 0.379 e. The van der Waals surface area contributed by atoms with Crippen LogP contribution in [0, 0.1) is 0 Å². The number of methoxy groups -OCH3 is 1. The summed E-state index contributed by atoms with van der Waals surface area (Å²) in [7, 11) is 1.49. The summed E-state index contributed by atoms with van der Waals surface area (Å²) in [5.74, 6) is 0.169. The fourth-order valence-electron chi connectivity index (χ4n) is 2.38. The summed E-state index contributed by atoms with van der Waals surface area (Å²) < 4.78 is 15.6. The second-order valence-electron chi connectivity index (χ2n) is 5.82. The zero-order valence-electron chi connectivity index (χ0n) is 15.6. The van der Waals surface area contributed by atoms with Crippen LogP contribution >= 0.6 is 12.2 Å². The summed E-state index contributed by atoms with van der Waals surface area (Å²) in [5.41, 5.74) is 4.61. The van der Waals surface area contributed by atoms with Crippen molar-refractivity contribution in [1.82, 2.24) is 10.7 Å². The molecule has 1 aromatic heterocycles. The molecule has 0 aliphatic rings. The third-order valence-electron chi connectivity index (χ3n) is 3.79. The van der Waals surface area contributed by atoms with Crippen LogP contribution in [0.25, 0.3) is 0 Å². The van der Waals surface area contributed by atoms with E-state index in [4.69, 9.17) is 26.1 Å². The zero-order valence-corrected chi connectivity index (χ0v) is 16.4. The van der Waals surface area contributed by atoms with Gasteiger partial charge in [-0.1, -0.05) is 30.3 Å². The van der Waals surface area contributed by atoms with Crippen LogP contribution in [0.5, 0.6) is 11.5 Å². The molecular weight excluding hydrogens is 390 g/mol. The van der Waals surface area contributed by atoms with Crippen LogP contribution < -0.4 is 20.2 Å². The summed E-state index contributed by atoms with van der Waals surface area (Å²) >= 11 is 5.20. The molecule has 0 saturated carbocycles. The number of furan rings is 1. The average molecular weight is 409 g/mol. The molecule has 0 aliphatic carbocycles. The van der Waals surface area contributed by atoms with E-state index in [2.05, 4.69) is 15.8 Å². The van der Waals surface area contributed by atoms with Gasteiger partial charge in [0.1, 0.15) is 0 Å². The highest BCUT2D eigenvalue weighted by Gasteiger charge is 2.14. The van der Waals surface area contributed by atoms with Gasteiger partial charge in [0.25, 0.3) is 0 Å². The first kappa shape index (κ1) is 20.1. The Kier molecular flexibility index (Phi) is 6.96. The summed E-state index contributed by atoms with van der Waals surface area (Å²) in [4.78, 5) is 12.0. The summed E-state index contributed by atoms with van der Waals surface area (Å²) in [6.45, 7) is 0.603. The van der Waals surface area contributed by atoms with E-state index in [1.807, 2.05) is 30.3 Å². The fraction of sp³-hybridized carbons (Fsp3) is 0.0952. The first-order valence-corrected chi connectivity index (χ1v) is 9.11. The molecule has 3 rings (SSSR count). The zero-order chi connectivity index (χ0) is 20.5. The van der Waals surface area contributed by atoms with Crippen LogP contribution in [0.3, 0.4) is 0 Å². The summed E-state index contributed by atoms with van der Waals surface area (Å²) in [5, 5.41) is 7.57. The highest BCUT2D eigenvalue weighted by molar-refractivity contribution is 7.80. The molecular formula is C21H19N3O4S. The molecule has 2 aromatic carbocycles. The number of nitrogens with zero attached hydrogens (tertiary/aromatic N) is 1. The summed E-state index contributed by atoms with van der Waals surface area (Å²) in [6.07, 6.45) is 2.98. The van der Waals surface area contributed by atoms with E-state index in [0.717, 1.165) is 11.1 Å². The molecule has 0 spiro atoms. The summed E-state index contributed by atoms with van der Waals surface area (Å²) in [6, 6.07) is 18.1. The molecule has 0 aliphatic heterocycles. The van der Waals surface area contributed by atoms with E-state index < -0.39 is 5.97 Å². The van der Waals surface area contributed by atoms with E-state index in [1.165, 1.54) is 19.4 Å². The van der Waals surface area contributed by atoms with Crippen LogP contribution in [0.1, 0.15) is 21.7 Å². The molecule has 8 heteroatoms.